The summed E-state index contributed by atoms with van der Waals surface area (Å²) in [6.07, 6.45) is 0. The summed E-state index contributed by atoms with van der Waals surface area (Å²) in [6.45, 7) is 5.02. The SMILES string of the molecule is CC(C)c1ccccc1NCc1ccc(F)cc1Br. The number of anilines is 1. The molecule has 0 aliphatic rings. The van der Waals surface area contributed by atoms with Gasteiger partial charge < -0.3 is 5.32 Å². The van der Waals surface area contributed by atoms with Crippen molar-refractivity contribution >= 4 is 21.6 Å². The summed E-state index contributed by atoms with van der Waals surface area (Å²) in [5.41, 5.74) is 3.47. The molecule has 0 aromatic heterocycles. The fourth-order valence-electron chi connectivity index (χ4n) is 2.02. The predicted octanol–water partition coefficient (Wildman–Crippen LogP) is 5.32. The molecular weight excluding hydrogens is 305 g/mol. The van der Waals surface area contributed by atoms with Gasteiger partial charge in [0, 0.05) is 16.7 Å². The lowest BCUT2D eigenvalue weighted by molar-refractivity contribution is 0.626. The molecule has 100 valence electrons. The maximum atomic E-state index is 13.0. The van der Waals surface area contributed by atoms with E-state index >= 15 is 0 Å². The third-order valence-corrected chi connectivity index (χ3v) is 3.81. The van der Waals surface area contributed by atoms with Crippen LogP contribution in [0.25, 0.3) is 0 Å². The highest BCUT2D eigenvalue weighted by Crippen LogP contribution is 2.25. The summed E-state index contributed by atoms with van der Waals surface area (Å²) in [5.74, 6) is 0.249. The molecule has 0 amide bonds. The van der Waals surface area contributed by atoms with Gasteiger partial charge in [-0.3, -0.25) is 0 Å². The molecule has 0 fully saturated rings. The highest BCUT2D eigenvalue weighted by atomic mass is 79.9. The Morgan fingerprint density at radius 3 is 2.58 bits per heavy atom. The molecule has 0 aliphatic heterocycles. The van der Waals surface area contributed by atoms with Crippen LogP contribution in [-0.4, -0.2) is 0 Å². The second-order valence-electron chi connectivity index (χ2n) is 4.83. The lowest BCUT2D eigenvalue weighted by Gasteiger charge is -2.15. The van der Waals surface area contributed by atoms with Gasteiger partial charge in [-0.25, -0.2) is 4.39 Å². The number of benzene rings is 2. The van der Waals surface area contributed by atoms with Crippen LogP contribution in [0.15, 0.2) is 46.9 Å². The van der Waals surface area contributed by atoms with Crippen LogP contribution in [0.4, 0.5) is 10.1 Å². The molecule has 0 spiro atoms. The Morgan fingerprint density at radius 2 is 1.89 bits per heavy atom. The number of hydrogen-bond acceptors (Lipinski definition) is 1. The van der Waals surface area contributed by atoms with Gasteiger partial charge in [0.05, 0.1) is 0 Å². The topological polar surface area (TPSA) is 12.0 Å². The number of para-hydroxylation sites is 1. The number of halogens is 2. The molecule has 0 saturated carbocycles. The van der Waals surface area contributed by atoms with Crippen molar-refractivity contribution in [3.8, 4) is 0 Å². The van der Waals surface area contributed by atoms with E-state index in [-0.39, 0.29) is 5.82 Å². The smallest absolute Gasteiger partial charge is 0.124 e. The summed E-state index contributed by atoms with van der Waals surface area (Å²) >= 11 is 3.39. The largest absolute Gasteiger partial charge is 0.381 e. The third-order valence-electron chi connectivity index (χ3n) is 3.07. The van der Waals surface area contributed by atoms with E-state index in [2.05, 4.69) is 47.2 Å². The van der Waals surface area contributed by atoms with E-state index in [0.29, 0.717) is 12.5 Å². The maximum absolute atomic E-state index is 13.0. The van der Waals surface area contributed by atoms with Crippen LogP contribution >= 0.6 is 15.9 Å². The van der Waals surface area contributed by atoms with E-state index in [1.165, 1.54) is 17.7 Å². The quantitative estimate of drug-likeness (QED) is 0.803. The summed E-state index contributed by atoms with van der Waals surface area (Å²) in [4.78, 5) is 0. The number of rotatable bonds is 4. The first kappa shape index (κ1) is 14.1. The first-order chi connectivity index (χ1) is 9.08. The second kappa shape index (κ2) is 6.20. The number of hydrogen-bond donors (Lipinski definition) is 1. The van der Waals surface area contributed by atoms with Crippen molar-refractivity contribution in [2.24, 2.45) is 0 Å². The highest BCUT2D eigenvalue weighted by molar-refractivity contribution is 9.10. The average molecular weight is 322 g/mol. The van der Waals surface area contributed by atoms with Crippen molar-refractivity contribution in [3.05, 3.63) is 63.9 Å². The van der Waals surface area contributed by atoms with Gasteiger partial charge in [0.1, 0.15) is 5.82 Å². The summed E-state index contributed by atoms with van der Waals surface area (Å²) < 4.78 is 13.8. The predicted molar refractivity (Wildman–Crippen MR) is 82.0 cm³/mol. The Balaban J connectivity index is 2.14. The second-order valence-corrected chi connectivity index (χ2v) is 5.69. The molecule has 2 aromatic carbocycles. The van der Waals surface area contributed by atoms with Gasteiger partial charge in [0.15, 0.2) is 0 Å². The molecule has 0 bridgehead atoms. The standard InChI is InChI=1S/C16H17BrFN/c1-11(2)14-5-3-4-6-16(14)19-10-12-7-8-13(18)9-15(12)17/h3-9,11,19H,10H2,1-2H3. The molecule has 1 nitrogen and oxygen atoms in total. The van der Waals surface area contributed by atoms with E-state index in [4.69, 9.17) is 0 Å². The summed E-state index contributed by atoms with van der Waals surface area (Å²) in [5, 5.41) is 3.42. The van der Waals surface area contributed by atoms with E-state index in [1.807, 2.05) is 12.1 Å². The minimum absolute atomic E-state index is 0.224. The molecule has 2 aromatic rings. The zero-order valence-corrected chi connectivity index (χ0v) is 12.7. The summed E-state index contributed by atoms with van der Waals surface area (Å²) in [7, 11) is 0. The Morgan fingerprint density at radius 1 is 1.16 bits per heavy atom. The zero-order valence-electron chi connectivity index (χ0n) is 11.1. The van der Waals surface area contributed by atoms with Gasteiger partial charge in [-0.15, -0.1) is 0 Å². The molecule has 3 heteroatoms. The highest BCUT2D eigenvalue weighted by Gasteiger charge is 2.06. The Labute approximate surface area is 122 Å². The van der Waals surface area contributed by atoms with Gasteiger partial charge in [0.2, 0.25) is 0 Å². The van der Waals surface area contributed by atoms with Gasteiger partial charge >= 0.3 is 0 Å². The normalized spacial score (nSPS) is 10.8. The van der Waals surface area contributed by atoms with Crippen LogP contribution in [0.3, 0.4) is 0 Å². The van der Waals surface area contributed by atoms with Gasteiger partial charge in [-0.05, 0) is 35.2 Å². The minimum atomic E-state index is -0.224. The van der Waals surface area contributed by atoms with Crippen molar-refractivity contribution in [2.75, 3.05) is 5.32 Å². The van der Waals surface area contributed by atoms with Crippen molar-refractivity contribution in [2.45, 2.75) is 26.3 Å². The van der Waals surface area contributed by atoms with Crippen molar-refractivity contribution in [1.82, 2.24) is 0 Å². The third kappa shape index (κ3) is 3.57. The number of nitrogens with one attached hydrogen (secondary N) is 1. The average Bonchev–Trinajstić information content (AvgIpc) is 2.38. The molecule has 0 aliphatic carbocycles. The lowest BCUT2D eigenvalue weighted by atomic mass is 10.0. The van der Waals surface area contributed by atoms with E-state index < -0.39 is 0 Å². The van der Waals surface area contributed by atoms with Gasteiger partial charge in [0.25, 0.3) is 0 Å². The molecule has 0 atom stereocenters. The van der Waals surface area contributed by atoms with E-state index in [9.17, 15) is 4.39 Å². The van der Waals surface area contributed by atoms with Gasteiger partial charge in [-0.2, -0.15) is 0 Å². The first-order valence-corrected chi connectivity index (χ1v) is 7.14. The van der Waals surface area contributed by atoms with E-state index in [0.717, 1.165) is 15.7 Å². The van der Waals surface area contributed by atoms with Crippen LogP contribution in [-0.2, 0) is 6.54 Å². The zero-order chi connectivity index (χ0) is 13.8. The van der Waals surface area contributed by atoms with Crippen LogP contribution in [0.1, 0.15) is 30.9 Å². The molecule has 2 rings (SSSR count). The first-order valence-electron chi connectivity index (χ1n) is 6.34. The van der Waals surface area contributed by atoms with Crippen LogP contribution in [0.2, 0.25) is 0 Å². The maximum Gasteiger partial charge on any atom is 0.124 e. The molecule has 19 heavy (non-hydrogen) atoms. The fourth-order valence-corrected chi connectivity index (χ4v) is 2.51. The Bertz CT molecular complexity index is 566. The lowest BCUT2D eigenvalue weighted by Crippen LogP contribution is -2.04. The van der Waals surface area contributed by atoms with E-state index in [1.54, 1.807) is 6.07 Å². The monoisotopic (exact) mass is 321 g/mol. The van der Waals surface area contributed by atoms with Gasteiger partial charge in [-0.1, -0.05) is 54.0 Å². The van der Waals surface area contributed by atoms with Crippen molar-refractivity contribution < 1.29 is 4.39 Å². The summed E-state index contributed by atoms with van der Waals surface area (Å²) in [6, 6.07) is 13.0. The van der Waals surface area contributed by atoms with Crippen LogP contribution in [0.5, 0.6) is 0 Å². The Hall–Kier alpha value is -1.35. The van der Waals surface area contributed by atoms with Crippen LogP contribution in [0, 0.1) is 5.82 Å². The molecule has 0 heterocycles. The molecular formula is C16H17BrFN. The fraction of sp³-hybridized carbons (Fsp3) is 0.250. The Kier molecular flexibility index (Phi) is 4.59. The minimum Gasteiger partial charge on any atom is -0.381 e. The molecule has 0 saturated heterocycles. The molecule has 0 unspecified atom stereocenters. The van der Waals surface area contributed by atoms with Crippen molar-refractivity contribution in [1.29, 1.82) is 0 Å². The molecule has 0 radical (unpaired) electrons. The molecule has 1 N–H and O–H groups in total. The van der Waals surface area contributed by atoms with Crippen molar-refractivity contribution in [3.63, 3.8) is 0 Å². The van der Waals surface area contributed by atoms with Crippen LogP contribution < -0.4 is 5.32 Å².